The van der Waals surface area contributed by atoms with E-state index in [9.17, 15) is 4.79 Å². The molecule has 1 N–H and O–H groups in total. The van der Waals surface area contributed by atoms with Gasteiger partial charge in [-0.1, -0.05) is 29.8 Å². The number of carbonyl (C=O) groups excluding carboxylic acids is 1. The number of rotatable bonds is 6. The van der Waals surface area contributed by atoms with Gasteiger partial charge in [0.25, 0.3) is 5.91 Å². The molecule has 1 aliphatic carbocycles. The van der Waals surface area contributed by atoms with Crippen LogP contribution in [0, 0.1) is 0 Å². The molecule has 25 heavy (non-hydrogen) atoms. The molecule has 2 aromatic rings. The molecule has 5 heteroatoms. The summed E-state index contributed by atoms with van der Waals surface area (Å²) in [5, 5.41) is 2.96. The molecule has 1 aromatic heterocycles. The van der Waals surface area contributed by atoms with Gasteiger partial charge < -0.3 is 10.2 Å². The van der Waals surface area contributed by atoms with Gasteiger partial charge in [-0.05, 0) is 50.3 Å². The van der Waals surface area contributed by atoms with E-state index in [0.717, 1.165) is 18.5 Å². The standard InChI is InChI=1S/C20H24N4O/c1-24(17-10-6-3-7-11-17)20-22-15-13-18(23-20)19(25)21-14-12-16-8-4-2-5-9-16/h3,6-8,10-11,13,15H,2,4-5,9,12,14H2,1H3,(H,21,25). The van der Waals surface area contributed by atoms with Gasteiger partial charge in [0.15, 0.2) is 0 Å². The van der Waals surface area contributed by atoms with Gasteiger partial charge in [-0.25, -0.2) is 9.97 Å². The molecule has 1 amide bonds. The number of para-hydroxylation sites is 1. The molecule has 0 fully saturated rings. The summed E-state index contributed by atoms with van der Waals surface area (Å²) in [6.07, 6.45) is 9.75. The van der Waals surface area contributed by atoms with E-state index in [1.165, 1.54) is 24.8 Å². The summed E-state index contributed by atoms with van der Waals surface area (Å²) in [5.74, 6) is 0.357. The highest BCUT2D eigenvalue weighted by molar-refractivity contribution is 5.92. The lowest BCUT2D eigenvalue weighted by molar-refractivity contribution is 0.0949. The molecule has 3 rings (SSSR count). The Bertz CT molecular complexity index is 742. The summed E-state index contributed by atoms with van der Waals surface area (Å²) < 4.78 is 0. The molecule has 0 atom stereocenters. The van der Waals surface area contributed by atoms with Gasteiger partial charge in [0, 0.05) is 25.5 Å². The maximum atomic E-state index is 12.4. The van der Waals surface area contributed by atoms with E-state index in [4.69, 9.17) is 0 Å². The van der Waals surface area contributed by atoms with Crippen LogP contribution >= 0.6 is 0 Å². The summed E-state index contributed by atoms with van der Waals surface area (Å²) in [6.45, 7) is 0.651. The zero-order valence-corrected chi connectivity index (χ0v) is 14.6. The van der Waals surface area contributed by atoms with E-state index in [1.54, 1.807) is 12.3 Å². The van der Waals surface area contributed by atoms with E-state index < -0.39 is 0 Å². The van der Waals surface area contributed by atoms with Crippen molar-refractivity contribution in [3.05, 3.63) is 59.9 Å². The predicted octanol–water partition coefficient (Wildman–Crippen LogP) is 3.86. The fourth-order valence-corrected chi connectivity index (χ4v) is 2.96. The van der Waals surface area contributed by atoms with Gasteiger partial charge in [0.2, 0.25) is 5.95 Å². The van der Waals surface area contributed by atoms with Crippen molar-refractivity contribution in [2.45, 2.75) is 32.1 Å². The first kappa shape index (κ1) is 17.1. The van der Waals surface area contributed by atoms with Crippen LogP contribution in [0.2, 0.25) is 0 Å². The van der Waals surface area contributed by atoms with Crippen molar-refractivity contribution in [1.29, 1.82) is 0 Å². The molecule has 130 valence electrons. The Morgan fingerprint density at radius 3 is 2.80 bits per heavy atom. The van der Waals surface area contributed by atoms with E-state index in [1.807, 2.05) is 42.3 Å². The lowest BCUT2D eigenvalue weighted by atomic mass is 9.97. The number of hydrogen-bond donors (Lipinski definition) is 1. The molecule has 0 unspecified atom stereocenters. The summed E-state index contributed by atoms with van der Waals surface area (Å²) in [4.78, 5) is 22.9. The van der Waals surface area contributed by atoms with Crippen LogP contribution in [0.1, 0.15) is 42.6 Å². The first-order valence-corrected chi connectivity index (χ1v) is 8.82. The Labute approximate surface area is 148 Å². The van der Waals surface area contributed by atoms with Gasteiger partial charge >= 0.3 is 0 Å². The number of aromatic nitrogens is 2. The second-order valence-corrected chi connectivity index (χ2v) is 6.25. The van der Waals surface area contributed by atoms with Crippen LogP contribution in [0.25, 0.3) is 0 Å². The summed E-state index contributed by atoms with van der Waals surface area (Å²) in [6, 6.07) is 11.5. The van der Waals surface area contributed by atoms with Crippen LogP contribution < -0.4 is 10.2 Å². The fraction of sp³-hybridized carbons (Fsp3) is 0.350. The molecule has 1 heterocycles. The summed E-state index contributed by atoms with van der Waals surface area (Å²) >= 11 is 0. The Hall–Kier alpha value is -2.69. The monoisotopic (exact) mass is 336 g/mol. The van der Waals surface area contributed by atoms with Crippen molar-refractivity contribution in [3.63, 3.8) is 0 Å². The fourth-order valence-electron chi connectivity index (χ4n) is 2.96. The number of benzene rings is 1. The number of nitrogens with zero attached hydrogens (tertiary/aromatic N) is 3. The van der Waals surface area contributed by atoms with Crippen LogP contribution in [0.15, 0.2) is 54.2 Å². The zero-order valence-electron chi connectivity index (χ0n) is 14.6. The first-order chi connectivity index (χ1) is 12.2. The molecule has 0 saturated heterocycles. The highest BCUT2D eigenvalue weighted by atomic mass is 16.1. The molecular formula is C20H24N4O. The smallest absolute Gasteiger partial charge is 0.270 e. The topological polar surface area (TPSA) is 58.1 Å². The lowest BCUT2D eigenvalue weighted by Gasteiger charge is -2.17. The van der Waals surface area contributed by atoms with Crippen LogP contribution in [-0.2, 0) is 0 Å². The Kier molecular flexibility index (Phi) is 5.77. The van der Waals surface area contributed by atoms with Crippen LogP contribution in [-0.4, -0.2) is 29.5 Å². The second-order valence-electron chi connectivity index (χ2n) is 6.25. The van der Waals surface area contributed by atoms with Gasteiger partial charge in [0.05, 0.1) is 0 Å². The van der Waals surface area contributed by atoms with Crippen LogP contribution in [0.5, 0.6) is 0 Å². The van der Waals surface area contributed by atoms with Crippen LogP contribution in [0.4, 0.5) is 11.6 Å². The van der Waals surface area contributed by atoms with E-state index in [0.29, 0.717) is 18.2 Å². The number of allylic oxidation sites excluding steroid dienone is 1. The van der Waals surface area contributed by atoms with Crippen molar-refractivity contribution in [1.82, 2.24) is 15.3 Å². The zero-order chi connectivity index (χ0) is 17.5. The maximum Gasteiger partial charge on any atom is 0.270 e. The Morgan fingerprint density at radius 2 is 2.04 bits per heavy atom. The molecule has 0 aliphatic heterocycles. The molecule has 5 nitrogen and oxygen atoms in total. The molecule has 0 radical (unpaired) electrons. The van der Waals surface area contributed by atoms with Crippen molar-refractivity contribution in [3.8, 4) is 0 Å². The van der Waals surface area contributed by atoms with E-state index in [2.05, 4.69) is 21.4 Å². The molecule has 1 aromatic carbocycles. The third-order valence-electron chi connectivity index (χ3n) is 4.44. The van der Waals surface area contributed by atoms with Crippen LogP contribution in [0.3, 0.4) is 0 Å². The van der Waals surface area contributed by atoms with Gasteiger partial charge in [0.1, 0.15) is 5.69 Å². The van der Waals surface area contributed by atoms with Gasteiger partial charge in [-0.15, -0.1) is 0 Å². The normalized spacial score (nSPS) is 13.9. The van der Waals surface area contributed by atoms with E-state index in [-0.39, 0.29) is 5.91 Å². The highest BCUT2D eigenvalue weighted by Crippen LogP contribution is 2.20. The number of hydrogen-bond acceptors (Lipinski definition) is 4. The van der Waals surface area contributed by atoms with Crippen molar-refractivity contribution in [2.75, 3.05) is 18.5 Å². The number of carbonyl (C=O) groups is 1. The third-order valence-corrected chi connectivity index (χ3v) is 4.44. The third kappa shape index (κ3) is 4.66. The SMILES string of the molecule is CN(c1ccccc1)c1nccc(C(=O)NCCC2=CCCCC2)n1. The molecule has 0 bridgehead atoms. The minimum Gasteiger partial charge on any atom is -0.350 e. The average molecular weight is 336 g/mol. The van der Waals surface area contributed by atoms with Crippen molar-refractivity contribution >= 4 is 17.5 Å². The maximum absolute atomic E-state index is 12.4. The summed E-state index contributed by atoms with van der Waals surface area (Å²) in [5.41, 5.74) is 2.83. The minimum absolute atomic E-state index is 0.151. The molecular weight excluding hydrogens is 312 g/mol. The summed E-state index contributed by atoms with van der Waals surface area (Å²) in [7, 11) is 1.89. The average Bonchev–Trinajstić information content (AvgIpc) is 2.69. The predicted molar refractivity (Wildman–Crippen MR) is 100 cm³/mol. The molecule has 1 aliphatic rings. The number of amides is 1. The Balaban J connectivity index is 1.60. The first-order valence-electron chi connectivity index (χ1n) is 8.82. The van der Waals surface area contributed by atoms with E-state index >= 15 is 0 Å². The Morgan fingerprint density at radius 1 is 1.20 bits per heavy atom. The van der Waals surface area contributed by atoms with Crippen molar-refractivity contribution in [2.24, 2.45) is 0 Å². The quantitative estimate of drug-likeness (QED) is 0.814. The van der Waals surface area contributed by atoms with Gasteiger partial charge in [-0.2, -0.15) is 0 Å². The van der Waals surface area contributed by atoms with Crippen molar-refractivity contribution < 1.29 is 4.79 Å². The van der Waals surface area contributed by atoms with Gasteiger partial charge in [-0.3, -0.25) is 4.79 Å². The second kappa shape index (κ2) is 8.42. The number of nitrogens with one attached hydrogen (secondary N) is 1. The minimum atomic E-state index is -0.151. The molecule has 0 saturated carbocycles. The lowest BCUT2D eigenvalue weighted by Crippen LogP contribution is -2.26. The highest BCUT2D eigenvalue weighted by Gasteiger charge is 2.12. The number of anilines is 2. The largest absolute Gasteiger partial charge is 0.350 e. The molecule has 0 spiro atoms.